The molecule has 4 radical (unpaired) electrons. The van der Waals surface area contributed by atoms with Gasteiger partial charge in [0.1, 0.15) is 0 Å². The van der Waals surface area contributed by atoms with Crippen LogP contribution in [-0.2, 0) is 86.8 Å². The van der Waals surface area contributed by atoms with E-state index in [1.807, 2.05) is 164 Å². The fourth-order valence-corrected chi connectivity index (χ4v) is 16.1. The van der Waals surface area contributed by atoms with Crippen molar-refractivity contribution in [1.82, 2.24) is 19.9 Å². The number of aromatic nitrogens is 4. The molecule has 772 valence electrons. The molecule has 12 nitrogen and oxygen atoms in total. The van der Waals surface area contributed by atoms with Crippen molar-refractivity contribution in [3.63, 3.8) is 0 Å². The van der Waals surface area contributed by atoms with Gasteiger partial charge in [0, 0.05) is 105 Å². The Kier molecular flexibility index (Phi) is 65.0. The summed E-state index contributed by atoms with van der Waals surface area (Å²) in [6.07, 6.45) is 15.5. The number of hydrogen-bond acceptors (Lipinski definition) is 12. The van der Waals surface area contributed by atoms with Crippen LogP contribution in [0.25, 0.3) is 89.5 Å². The van der Waals surface area contributed by atoms with Crippen molar-refractivity contribution in [1.29, 1.82) is 0 Å². The molecule has 0 saturated carbocycles. The van der Waals surface area contributed by atoms with E-state index in [1.54, 1.807) is 6.92 Å². The minimum absolute atomic E-state index is 0. The number of aliphatic hydroxyl groups excluding tert-OH is 8. The topological polar surface area (TPSA) is 213 Å². The fraction of sp³-hybridized carbons (Fsp3) is 0.452. The number of benzene rings is 8. The average Bonchev–Trinajstić information content (AvgIpc) is 0.809. The van der Waals surface area contributed by atoms with Gasteiger partial charge in [-0.15, -0.1) is 144 Å². The van der Waals surface area contributed by atoms with Crippen LogP contribution in [0.3, 0.4) is 0 Å². The third kappa shape index (κ3) is 49.5. The molecule has 0 amide bonds. The maximum Gasteiger partial charge on any atom is 0.0613 e. The summed E-state index contributed by atoms with van der Waals surface area (Å²) in [5, 5.41) is 75.7. The third-order valence-electron chi connectivity index (χ3n) is 23.8. The summed E-state index contributed by atoms with van der Waals surface area (Å²) in [5.74, 6) is 4.03. The van der Waals surface area contributed by atoms with E-state index in [4.69, 9.17) is 5.11 Å². The van der Waals surface area contributed by atoms with Gasteiger partial charge in [0.25, 0.3) is 0 Å². The van der Waals surface area contributed by atoms with E-state index < -0.39 is 12.2 Å². The van der Waals surface area contributed by atoms with Gasteiger partial charge >= 0.3 is 0 Å². The summed E-state index contributed by atoms with van der Waals surface area (Å²) in [6.45, 7) is 54.5. The Labute approximate surface area is 900 Å². The minimum atomic E-state index is -0.410. The van der Waals surface area contributed by atoms with E-state index in [2.05, 4.69) is 296 Å². The van der Waals surface area contributed by atoms with E-state index in [0.29, 0.717) is 61.2 Å². The zero-order valence-corrected chi connectivity index (χ0v) is 98.3. The second-order valence-corrected chi connectivity index (χ2v) is 41.1. The van der Waals surface area contributed by atoms with Crippen LogP contribution >= 0.6 is 0 Å². The molecule has 8 aromatic carbocycles. The molecular formula is C124H168Ir4N4O8-4. The van der Waals surface area contributed by atoms with Crippen LogP contribution in [0.4, 0.5) is 0 Å². The van der Waals surface area contributed by atoms with Crippen LogP contribution in [-0.4, -0.2) is 110 Å². The average molecular weight is 2610 g/mol. The molecule has 140 heavy (non-hydrogen) atoms. The predicted octanol–water partition coefficient (Wildman–Crippen LogP) is 29.5. The molecule has 0 aliphatic rings. The van der Waals surface area contributed by atoms with Gasteiger partial charge in [0.05, 0.1) is 48.8 Å². The molecule has 0 saturated heterocycles. The maximum atomic E-state index is 9.78. The van der Waals surface area contributed by atoms with Gasteiger partial charge in [-0.25, -0.2) is 0 Å². The molecule has 4 aromatic heterocycles. The number of aryl methyl sites for hydroxylation is 6. The standard InChI is InChI=1S/C22H22N.C21H20N.2C19H16N.C15H32O2.C11H24O2.C9H20O2.C8H18O2.4Ir/c1-16(2)14-19-11-7-8-17(3)22(19)20-12-13-23-21(15-20)18-9-5-4-6-10-18;1-15(2)19-11-7-8-16(3)21(19)18-12-13-22-20(14-18)17-9-5-4-6-10-17;2*1-14-7-6-8-15(2)19(14)17-11-12-20-18(13-17)16-9-4-3-5-10-16;1-12(2)7-5-9-14(16)11-15(17)10-6-8-13(3)4;1-8(2)5-10(12)7-11(13)6-9(3)4;1-6(2)8(10)5-9(11)7(3)4;1-6(9)5-7(10)8(2,3)4;;;;/h4-9,11-13,15-16H,14H2,1-3H3;4-9,11-15H,1-3H3;2*3-9,11-13H,1-2H3;12-17H,5-11H2,1-4H3;8-13H,5-7H2,1-4H3;6-11H,5H2,1-4H3;6-7,9-10H,5H2,1-4H3;;;;/q4*-1;;;;;;;;. The SMILES string of the molecule is CC(C)C(O)CC(O)C(C)C.CC(C)CC(O)CC(O)CC(C)C.CC(C)CCCC(O)CC(O)CCCC(C)C.CC(O)CC(O)C(C)(C)C.Cc1cccc(C(C)C)c1-c1ccnc(-c2[c-]cccc2)c1.Cc1cccc(C)c1-c1ccnc(-c2[c-]cccc2)c1.Cc1cccc(C)c1-c1ccnc(-c2[c-]cccc2)c1.Cc1cccc(CC(C)C)c1-c1ccnc(-c2[c-]cccc2)c1.[Ir].[Ir].[Ir].[Ir]. The Bertz CT molecular complexity index is 5090. The van der Waals surface area contributed by atoms with Crippen LogP contribution in [0.1, 0.15) is 266 Å². The largest absolute Gasteiger partial charge is 0.393 e. The Morgan fingerprint density at radius 2 is 0.579 bits per heavy atom. The molecule has 8 N–H and O–H groups in total. The number of pyridine rings is 4. The van der Waals surface area contributed by atoms with Crippen molar-refractivity contribution in [2.24, 2.45) is 46.8 Å². The first-order valence-electron chi connectivity index (χ1n) is 49.9. The molecule has 12 rings (SSSR count). The van der Waals surface area contributed by atoms with Gasteiger partial charge in [0.15, 0.2) is 0 Å². The van der Waals surface area contributed by atoms with Gasteiger partial charge in [-0.2, -0.15) is 0 Å². The van der Waals surface area contributed by atoms with Gasteiger partial charge in [-0.1, -0.05) is 254 Å². The Morgan fingerprint density at radius 1 is 0.286 bits per heavy atom. The summed E-state index contributed by atoms with van der Waals surface area (Å²) in [7, 11) is 0. The van der Waals surface area contributed by atoms with E-state index in [1.165, 1.54) is 102 Å². The van der Waals surface area contributed by atoms with Crippen LogP contribution < -0.4 is 0 Å². The number of hydrogen-bond donors (Lipinski definition) is 8. The summed E-state index contributed by atoms with van der Waals surface area (Å²) < 4.78 is 0. The first-order valence-corrected chi connectivity index (χ1v) is 49.9. The molecule has 0 spiro atoms. The van der Waals surface area contributed by atoms with Gasteiger partial charge in [-0.3, -0.25) is 0 Å². The number of rotatable bonds is 33. The quantitative estimate of drug-likeness (QED) is 0.0181. The van der Waals surface area contributed by atoms with Crippen molar-refractivity contribution in [2.45, 2.75) is 318 Å². The molecule has 0 aliphatic heterocycles. The molecule has 8 atom stereocenters. The van der Waals surface area contributed by atoms with Gasteiger partial charge in [-0.05, 0) is 295 Å². The molecule has 12 aromatic rings. The summed E-state index contributed by atoms with van der Waals surface area (Å²) in [5.41, 5.74) is 28.6. The zero-order valence-electron chi connectivity index (χ0n) is 88.7. The van der Waals surface area contributed by atoms with E-state index >= 15 is 0 Å². The number of nitrogens with zero attached hydrogens (tertiary/aromatic N) is 4. The van der Waals surface area contributed by atoms with Crippen molar-refractivity contribution < 1.29 is 121 Å². The molecule has 8 unspecified atom stereocenters. The zero-order chi connectivity index (χ0) is 101. The van der Waals surface area contributed by atoms with E-state index in [-0.39, 0.29) is 134 Å². The van der Waals surface area contributed by atoms with Crippen molar-refractivity contribution in [3.05, 3.63) is 312 Å². The van der Waals surface area contributed by atoms with Gasteiger partial charge in [0.2, 0.25) is 0 Å². The van der Waals surface area contributed by atoms with Gasteiger partial charge < -0.3 is 60.8 Å². The van der Waals surface area contributed by atoms with Crippen molar-refractivity contribution >= 4 is 0 Å². The van der Waals surface area contributed by atoms with Crippen LogP contribution in [0, 0.1) is 113 Å². The minimum Gasteiger partial charge on any atom is -0.393 e. The van der Waals surface area contributed by atoms with E-state index in [0.717, 1.165) is 90.0 Å². The maximum absolute atomic E-state index is 9.78. The van der Waals surface area contributed by atoms with Crippen LogP contribution in [0.2, 0.25) is 0 Å². The Balaban J connectivity index is 0.000000809. The second kappa shape index (κ2) is 69.6. The Morgan fingerprint density at radius 3 is 0.850 bits per heavy atom. The number of aliphatic hydroxyl groups is 8. The van der Waals surface area contributed by atoms with Crippen LogP contribution in [0.15, 0.2) is 243 Å². The fourth-order valence-electron chi connectivity index (χ4n) is 16.1. The monoisotopic (exact) mass is 2610 g/mol. The smallest absolute Gasteiger partial charge is 0.0613 e. The van der Waals surface area contributed by atoms with Crippen molar-refractivity contribution in [3.8, 4) is 89.5 Å². The van der Waals surface area contributed by atoms with E-state index in [9.17, 15) is 35.7 Å². The third-order valence-corrected chi connectivity index (χ3v) is 23.8. The molecule has 0 aliphatic carbocycles. The summed E-state index contributed by atoms with van der Waals surface area (Å²) in [6, 6.07) is 87.7. The molecule has 0 bridgehead atoms. The van der Waals surface area contributed by atoms with Crippen molar-refractivity contribution in [2.75, 3.05) is 0 Å². The first-order chi connectivity index (χ1) is 64.4. The molecule has 4 heterocycles. The second-order valence-electron chi connectivity index (χ2n) is 41.1. The normalized spacial score (nSPS) is 12.6. The first kappa shape index (κ1) is 131. The summed E-state index contributed by atoms with van der Waals surface area (Å²) in [4.78, 5) is 18.0. The van der Waals surface area contributed by atoms with Crippen LogP contribution in [0.5, 0.6) is 0 Å². The Hall–Kier alpha value is -7.36. The molecular weight excluding hydrogens is 2440 g/mol. The molecule has 0 fully saturated rings. The summed E-state index contributed by atoms with van der Waals surface area (Å²) >= 11 is 0. The predicted molar refractivity (Wildman–Crippen MR) is 574 cm³/mol. The molecule has 16 heteroatoms.